The minimum atomic E-state index is -2.61. The molecule has 13 heavy (non-hydrogen) atoms. The lowest BCUT2D eigenvalue weighted by molar-refractivity contribution is 0.149. The number of hydrogen-bond donors (Lipinski definition) is 1. The smallest absolute Gasteiger partial charge is 0.265 e. The number of nitrogens with zero attached hydrogens (tertiary/aromatic N) is 1. The summed E-state index contributed by atoms with van der Waals surface area (Å²) in [5.41, 5.74) is -0.0239. The molecule has 0 saturated heterocycles. The standard InChI is InChI=1S/C7H5BrF2INO/c8-1-3-4(6(9)10)2-12-7(11)5(3)13/h2,6,13H,1H2. The number of alkyl halides is 3. The maximum atomic E-state index is 12.4. The molecule has 0 spiro atoms. The van der Waals surface area contributed by atoms with E-state index in [1.807, 2.05) is 0 Å². The zero-order valence-corrected chi connectivity index (χ0v) is 10.0. The van der Waals surface area contributed by atoms with E-state index in [2.05, 4.69) is 20.9 Å². The van der Waals surface area contributed by atoms with Gasteiger partial charge in [0.2, 0.25) is 0 Å². The summed E-state index contributed by atoms with van der Waals surface area (Å²) in [4.78, 5) is 3.64. The lowest BCUT2D eigenvalue weighted by Gasteiger charge is -2.08. The number of pyridine rings is 1. The van der Waals surface area contributed by atoms with E-state index < -0.39 is 6.43 Å². The lowest BCUT2D eigenvalue weighted by Crippen LogP contribution is -1.96. The van der Waals surface area contributed by atoms with Gasteiger partial charge in [0.25, 0.3) is 6.43 Å². The van der Waals surface area contributed by atoms with Gasteiger partial charge in [-0.2, -0.15) is 0 Å². The molecule has 1 aromatic heterocycles. The molecule has 0 aromatic carbocycles. The van der Waals surface area contributed by atoms with Gasteiger partial charge in [0, 0.05) is 22.7 Å². The highest BCUT2D eigenvalue weighted by Crippen LogP contribution is 2.32. The van der Waals surface area contributed by atoms with Crippen molar-refractivity contribution in [3.05, 3.63) is 21.0 Å². The van der Waals surface area contributed by atoms with Gasteiger partial charge in [-0.05, 0) is 22.6 Å². The Hall–Kier alpha value is 0.0200. The Bertz CT molecular complexity index is 322. The highest BCUT2D eigenvalue weighted by Gasteiger charge is 2.17. The van der Waals surface area contributed by atoms with Crippen LogP contribution in [0.15, 0.2) is 6.20 Å². The van der Waals surface area contributed by atoms with Gasteiger partial charge in [0.15, 0.2) is 5.75 Å². The minimum absolute atomic E-state index is 0.171. The molecule has 0 aliphatic carbocycles. The number of rotatable bonds is 2. The van der Waals surface area contributed by atoms with Crippen LogP contribution in [0.4, 0.5) is 8.78 Å². The Morgan fingerprint density at radius 2 is 2.23 bits per heavy atom. The Balaban J connectivity index is 3.30. The zero-order chi connectivity index (χ0) is 10.0. The van der Waals surface area contributed by atoms with Gasteiger partial charge in [-0.15, -0.1) is 0 Å². The predicted octanol–water partition coefficient (Wildman–Crippen LogP) is 3.22. The molecule has 72 valence electrons. The molecule has 1 aromatic rings. The molecule has 0 aliphatic rings. The molecule has 6 heteroatoms. The summed E-state index contributed by atoms with van der Waals surface area (Å²) in [6.45, 7) is 0. The van der Waals surface area contributed by atoms with Crippen molar-refractivity contribution in [1.82, 2.24) is 4.98 Å². The maximum absolute atomic E-state index is 12.4. The summed E-state index contributed by atoms with van der Waals surface area (Å²) < 4.78 is 25.0. The normalized spacial score (nSPS) is 10.8. The number of halogens is 4. The first kappa shape index (κ1) is 11.1. The molecule has 1 heterocycles. The number of aromatic hydroxyl groups is 1. The SMILES string of the molecule is Oc1c(I)ncc(C(F)F)c1CBr. The van der Waals surface area contributed by atoms with Gasteiger partial charge in [0.05, 0.1) is 0 Å². The van der Waals surface area contributed by atoms with Crippen LogP contribution in [0.2, 0.25) is 0 Å². The molecule has 0 atom stereocenters. The van der Waals surface area contributed by atoms with Crippen LogP contribution in [0.1, 0.15) is 17.6 Å². The van der Waals surface area contributed by atoms with Crippen molar-refractivity contribution >= 4 is 38.5 Å². The Labute approximate surface area is 95.6 Å². The first-order chi connectivity index (χ1) is 6.07. The highest BCUT2D eigenvalue weighted by molar-refractivity contribution is 14.1. The third-order valence-electron chi connectivity index (χ3n) is 1.52. The average molecular weight is 364 g/mol. The molecule has 2 nitrogen and oxygen atoms in total. The first-order valence-corrected chi connectivity index (χ1v) is 5.48. The topological polar surface area (TPSA) is 33.1 Å². The fourth-order valence-electron chi connectivity index (χ4n) is 0.855. The van der Waals surface area contributed by atoms with E-state index >= 15 is 0 Å². The van der Waals surface area contributed by atoms with Gasteiger partial charge in [0.1, 0.15) is 3.70 Å². The van der Waals surface area contributed by atoms with E-state index in [1.165, 1.54) is 0 Å². The summed E-state index contributed by atoms with van der Waals surface area (Å²) in [7, 11) is 0. The second-order valence-corrected chi connectivity index (χ2v) is 3.85. The van der Waals surface area contributed by atoms with Crippen LogP contribution in [0.3, 0.4) is 0 Å². The molecule has 0 amide bonds. The largest absolute Gasteiger partial charge is 0.505 e. The third kappa shape index (κ3) is 2.28. The van der Waals surface area contributed by atoms with Crippen molar-refractivity contribution in [2.45, 2.75) is 11.8 Å². The van der Waals surface area contributed by atoms with Crippen LogP contribution in [0.25, 0.3) is 0 Å². The van der Waals surface area contributed by atoms with Crippen molar-refractivity contribution in [3.63, 3.8) is 0 Å². The van der Waals surface area contributed by atoms with Crippen molar-refractivity contribution < 1.29 is 13.9 Å². The van der Waals surface area contributed by atoms with Crippen molar-refractivity contribution in [2.24, 2.45) is 0 Å². The Morgan fingerprint density at radius 3 is 2.69 bits per heavy atom. The summed E-state index contributed by atoms with van der Waals surface area (Å²) >= 11 is 4.82. The molecule has 0 bridgehead atoms. The lowest BCUT2D eigenvalue weighted by atomic mass is 10.1. The van der Waals surface area contributed by atoms with Crippen molar-refractivity contribution in [1.29, 1.82) is 0 Å². The van der Waals surface area contributed by atoms with Crippen LogP contribution in [0, 0.1) is 3.70 Å². The first-order valence-electron chi connectivity index (χ1n) is 3.28. The molecular weight excluding hydrogens is 359 g/mol. The van der Waals surface area contributed by atoms with Crippen molar-refractivity contribution in [3.8, 4) is 5.75 Å². The Morgan fingerprint density at radius 1 is 1.62 bits per heavy atom. The van der Waals surface area contributed by atoms with Crippen LogP contribution in [0.5, 0.6) is 5.75 Å². The van der Waals surface area contributed by atoms with Gasteiger partial charge < -0.3 is 5.11 Å². The molecule has 0 unspecified atom stereocenters. The number of aromatic nitrogens is 1. The molecule has 1 N–H and O–H groups in total. The zero-order valence-electron chi connectivity index (χ0n) is 6.27. The van der Waals surface area contributed by atoms with Crippen LogP contribution in [-0.4, -0.2) is 10.1 Å². The fraction of sp³-hybridized carbons (Fsp3) is 0.286. The van der Waals surface area contributed by atoms with Gasteiger partial charge >= 0.3 is 0 Å². The van der Waals surface area contributed by atoms with Gasteiger partial charge in [-0.3, -0.25) is 0 Å². The van der Waals surface area contributed by atoms with E-state index in [0.29, 0.717) is 3.70 Å². The van der Waals surface area contributed by atoms with E-state index in [0.717, 1.165) is 6.20 Å². The van der Waals surface area contributed by atoms with Gasteiger partial charge in [-0.25, -0.2) is 13.8 Å². The maximum Gasteiger partial charge on any atom is 0.265 e. The Kier molecular flexibility index (Phi) is 3.84. The molecule has 0 saturated carbocycles. The van der Waals surface area contributed by atoms with E-state index in [1.54, 1.807) is 22.6 Å². The summed E-state index contributed by atoms with van der Waals surface area (Å²) in [5, 5.41) is 9.59. The molecule has 1 rings (SSSR count). The monoisotopic (exact) mass is 363 g/mol. The molecule has 0 fully saturated rings. The summed E-state index contributed by atoms with van der Waals surface area (Å²) in [6, 6.07) is 0. The molecule has 0 aliphatic heterocycles. The highest BCUT2D eigenvalue weighted by atomic mass is 127. The van der Waals surface area contributed by atoms with E-state index in [4.69, 9.17) is 0 Å². The molecular formula is C7H5BrF2INO. The molecule has 0 radical (unpaired) electrons. The van der Waals surface area contributed by atoms with Crippen LogP contribution >= 0.6 is 38.5 Å². The van der Waals surface area contributed by atoms with E-state index in [9.17, 15) is 13.9 Å². The average Bonchev–Trinajstić information content (AvgIpc) is 2.09. The van der Waals surface area contributed by atoms with E-state index in [-0.39, 0.29) is 22.2 Å². The number of hydrogen-bond acceptors (Lipinski definition) is 2. The second-order valence-electron chi connectivity index (χ2n) is 2.27. The predicted molar refractivity (Wildman–Crippen MR) is 56.2 cm³/mol. The van der Waals surface area contributed by atoms with Crippen LogP contribution < -0.4 is 0 Å². The van der Waals surface area contributed by atoms with Crippen molar-refractivity contribution in [2.75, 3.05) is 0 Å². The third-order valence-corrected chi connectivity index (χ3v) is 2.87. The second kappa shape index (κ2) is 4.50. The summed E-state index contributed by atoms with van der Waals surface area (Å²) in [6.07, 6.45) is -1.52. The fourth-order valence-corrected chi connectivity index (χ4v) is 1.91. The van der Waals surface area contributed by atoms with Crippen LogP contribution in [-0.2, 0) is 5.33 Å². The summed E-state index contributed by atoms with van der Waals surface area (Å²) in [5.74, 6) is -0.171. The minimum Gasteiger partial charge on any atom is -0.505 e. The quantitative estimate of drug-likeness (QED) is 0.497. The van der Waals surface area contributed by atoms with Gasteiger partial charge in [-0.1, -0.05) is 15.9 Å².